The fourth-order valence-corrected chi connectivity index (χ4v) is 0. The average molecular weight is 973 g/mol. The van der Waals surface area contributed by atoms with Crippen molar-refractivity contribution in [2.24, 2.45) is 0 Å². The molecule has 0 aromatic heterocycles. The predicted molar refractivity (Wildman–Crippen MR) is 35.6 cm³/mol. The van der Waals surface area contributed by atoms with E-state index in [0.717, 1.165) is 0 Å². The first-order chi connectivity index (χ1) is 5.00. The molecule has 0 saturated heterocycles. The van der Waals surface area contributed by atoms with Crippen molar-refractivity contribution in [2.75, 3.05) is 0 Å². The Bertz CT molecular complexity index is 127. The van der Waals surface area contributed by atoms with Crippen molar-refractivity contribution in [3.63, 3.8) is 0 Å². The molecule has 0 heterocycles. The summed E-state index contributed by atoms with van der Waals surface area (Å²) in [5.41, 5.74) is 0. The van der Waals surface area contributed by atoms with Gasteiger partial charge >= 0.3 is 113 Å². The van der Waals surface area contributed by atoms with Gasteiger partial charge in [0.15, 0.2) is 0 Å². The number of hydrogen-bond donors (Lipinski definition) is 0. The van der Waals surface area contributed by atoms with E-state index >= 15 is 0 Å². The molecule has 0 aromatic rings. The van der Waals surface area contributed by atoms with E-state index in [9.17, 15) is 0 Å². The molecule has 0 aliphatic rings. The number of hydrogen-bond acceptors (Lipinski definition) is 7. The summed E-state index contributed by atoms with van der Waals surface area (Å²) < 4.78 is 59.2. The molecule has 0 spiro atoms. The first kappa shape index (κ1) is 29.4. The van der Waals surface area contributed by atoms with Gasteiger partial charge < -0.3 is 9.11 Å². The molecule has 64 valence electrons. The Morgan fingerprint density at radius 1 is 0.750 bits per heavy atom. The van der Waals surface area contributed by atoms with Crippen LogP contribution in [0.5, 0.6) is 0 Å². The normalized spacial score (nSPS) is 5.83. The maximum absolute atomic E-state index is 8.52. The third-order valence-electron chi connectivity index (χ3n) is 0. The van der Waals surface area contributed by atoms with Gasteiger partial charge in [-0.05, 0) is 0 Å². The van der Waals surface area contributed by atoms with Crippen LogP contribution < -0.4 is 0 Å². The van der Waals surface area contributed by atoms with Gasteiger partial charge in [0.25, 0.3) is 0 Å². The van der Waals surface area contributed by atoms with Crippen LogP contribution in [0.15, 0.2) is 0 Å². The zero-order valence-electron chi connectivity index (χ0n) is 5.27. The molecule has 0 aliphatic heterocycles. The molecule has 12 heteroatoms. The van der Waals surface area contributed by atoms with Crippen LogP contribution in [-0.4, -0.2) is 122 Å². The second kappa shape index (κ2) is 29.2. The van der Waals surface area contributed by atoms with Crippen molar-refractivity contribution in [1.82, 2.24) is 0 Å². The van der Waals surface area contributed by atoms with Crippen LogP contribution >= 0.6 is 0 Å². The van der Waals surface area contributed by atoms with E-state index in [1.54, 1.807) is 0 Å². The largest absolute Gasteiger partial charge is 2.00 e. The summed E-state index contributed by atoms with van der Waals surface area (Å²) >= 11 is 0.167. The Kier molecular flexibility index (Phi) is 71.5. The van der Waals surface area contributed by atoms with Crippen molar-refractivity contribution in [3.05, 3.63) is 0 Å². The minimum atomic E-state index is -5.17. The maximum Gasteiger partial charge on any atom is 2.00 e. The molecule has 0 rings (SSSR count). The van der Waals surface area contributed by atoms with Gasteiger partial charge in [0.2, 0.25) is 0 Å². The van der Waals surface area contributed by atoms with Gasteiger partial charge in [0.05, 0.1) is 0 Å². The summed E-state index contributed by atoms with van der Waals surface area (Å²) in [4.78, 5) is 0. The van der Waals surface area contributed by atoms with Crippen LogP contribution in [0, 0.1) is 0 Å². The van der Waals surface area contributed by atoms with Gasteiger partial charge in [-0.2, -0.15) is 0 Å². The fraction of sp³-hybridized carbons (Fsp3) is 0. The van der Waals surface area contributed by atoms with E-state index in [1.165, 1.54) is 0 Å². The Morgan fingerprint density at radius 2 is 0.750 bits per heavy atom. The monoisotopic (exact) mass is 976 g/mol. The molecule has 0 N–H and O–H groups in total. The Labute approximate surface area is 138 Å². The van der Waals surface area contributed by atoms with Crippen LogP contribution in [0.2, 0.25) is 0 Å². The molecule has 12 heavy (non-hydrogen) atoms. The molecule has 8 radical (unpaired) electrons. The first-order valence-electron chi connectivity index (χ1n) is 1.28. The van der Waals surface area contributed by atoms with Crippen LogP contribution in [0.3, 0.4) is 0 Å². The summed E-state index contributed by atoms with van der Waals surface area (Å²) in [5, 5.41) is 0. The van der Waals surface area contributed by atoms with Gasteiger partial charge in [0.1, 0.15) is 0 Å². The fourth-order valence-electron chi connectivity index (χ4n) is 0. The molecule has 0 amide bonds. The first-order valence-corrected chi connectivity index (χ1v) is 7.37. The Morgan fingerprint density at radius 3 is 0.750 bits per heavy atom. The van der Waals surface area contributed by atoms with Crippen LogP contribution in [-0.2, 0) is 18.5 Å². The summed E-state index contributed by atoms with van der Waals surface area (Å²) in [7, 11) is -5.17. The van der Waals surface area contributed by atoms with Crippen LogP contribution in [0.4, 0.5) is 0 Å². The standard InChI is InChI=1S/H2O4S.3O.4Pb/c1-5(2,3)4;;;;;;;/h(H2,1,2,3,4);;;;;;;/q;;;;;;;+2/p-2. The van der Waals surface area contributed by atoms with Gasteiger partial charge in [-0.3, -0.25) is 8.42 Å². The molecule has 0 saturated carbocycles. The zero-order valence-corrected chi connectivity index (χ0v) is 21.6. The van der Waals surface area contributed by atoms with Gasteiger partial charge in [-0.15, -0.1) is 0 Å². The van der Waals surface area contributed by atoms with Gasteiger partial charge in [-0.1, -0.05) is 0 Å². The second-order valence-electron chi connectivity index (χ2n) is 0.408. The molecular weight excluding hydrogens is 973 g/mol. The third kappa shape index (κ3) is 212. The number of rotatable bonds is 0. The molecule has 0 aromatic carbocycles. The minimum Gasteiger partial charge on any atom is 2.00 e. The van der Waals surface area contributed by atoms with Crippen molar-refractivity contribution >= 4 is 115 Å². The minimum absolute atomic E-state index is 0. The van der Waals surface area contributed by atoms with E-state index in [-0.39, 0.29) is 105 Å². The molecule has 0 bridgehead atoms. The van der Waals surface area contributed by atoms with E-state index in [2.05, 4.69) is 0 Å². The van der Waals surface area contributed by atoms with Crippen molar-refractivity contribution in [3.8, 4) is 0 Å². The van der Waals surface area contributed by atoms with Gasteiger partial charge in [-0.25, -0.2) is 0 Å². The molecule has 7 nitrogen and oxygen atoms in total. The quantitative estimate of drug-likeness (QED) is 0.142. The SMILES string of the molecule is O=S(=O)([O-])[O-].[O]=[Pb].[O]=[Pb].[O]=[Pb].[Pb+2]. The van der Waals surface area contributed by atoms with E-state index in [0.29, 0.717) is 0 Å². The summed E-state index contributed by atoms with van der Waals surface area (Å²) in [6.45, 7) is 0. The van der Waals surface area contributed by atoms with Crippen LogP contribution in [0.1, 0.15) is 0 Å². The summed E-state index contributed by atoms with van der Waals surface area (Å²) in [5.74, 6) is 0. The Balaban J connectivity index is -0.0000000203. The zero-order chi connectivity index (χ0) is 10.5. The second-order valence-corrected chi connectivity index (χ2v) is 1.22. The maximum atomic E-state index is 8.52. The molecule has 0 fully saturated rings. The smallest absolute Gasteiger partial charge is 2.00 e. The molecule has 0 unspecified atom stereocenters. The van der Waals surface area contributed by atoms with Crippen molar-refractivity contribution in [2.45, 2.75) is 0 Å². The average Bonchev–Trinajstić information content (AvgIpc) is 1.96. The van der Waals surface area contributed by atoms with E-state index < -0.39 is 10.4 Å². The molecular formula is O7Pb4S. The summed E-state index contributed by atoms with van der Waals surface area (Å²) in [6.07, 6.45) is 0. The van der Waals surface area contributed by atoms with Gasteiger partial charge in [0, 0.05) is 10.4 Å². The topological polar surface area (TPSA) is 131 Å². The van der Waals surface area contributed by atoms with Crippen molar-refractivity contribution in [1.29, 1.82) is 0 Å². The predicted octanol–water partition coefficient (Wildman–Crippen LogP) is -3.22. The third-order valence-corrected chi connectivity index (χ3v) is 0. The molecule has 0 atom stereocenters. The summed E-state index contributed by atoms with van der Waals surface area (Å²) in [6, 6.07) is 0. The Hall–Kier alpha value is 2.96. The van der Waals surface area contributed by atoms with Crippen molar-refractivity contribution < 1.29 is 25.6 Å². The van der Waals surface area contributed by atoms with E-state index in [1.807, 2.05) is 0 Å². The van der Waals surface area contributed by atoms with E-state index in [4.69, 9.17) is 25.6 Å². The van der Waals surface area contributed by atoms with Crippen LogP contribution in [0.25, 0.3) is 0 Å². The molecule has 0 aliphatic carbocycles.